The topological polar surface area (TPSA) is 117 Å². The van der Waals surface area contributed by atoms with Crippen molar-refractivity contribution < 1.29 is 4.92 Å². The Hall–Kier alpha value is -0.524. The molecule has 1 aromatic carbocycles. The van der Waals surface area contributed by atoms with E-state index in [-0.39, 0.29) is 62.8 Å². The average molecular weight is 206 g/mol. The molecule has 0 radical (unpaired) electrons. The molecule has 0 aliphatic heterocycles. The van der Waals surface area contributed by atoms with Gasteiger partial charge in [-0.05, 0) is 6.07 Å². The van der Waals surface area contributed by atoms with Crippen LogP contribution < -0.4 is 5.73 Å². The Morgan fingerprint density at radius 3 is 2.08 bits per heavy atom. The van der Waals surface area contributed by atoms with Crippen LogP contribution in [-0.2, 0) is 0 Å². The van der Waals surface area contributed by atoms with Gasteiger partial charge >= 0.3 is 51.4 Å². The van der Waals surface area contributed by atoms with Crippen LogP contribution in [0.3, 0.4) is 0 Å². The Morgan fingerprint density at radius 1 is 1.31 bits per heavy atom. The van der Waals surface area contributed by atoms with E-state index in [1.807, 2.05) is 0 Å². The molecule has 6 nitrogen and oxygen atoms in total. The fourth-order valence-corrected chi connectivity index (χ4v) is 0.654. The van der Waals surface area contributed by atoms with Crippen molar-refractivity contribution >= 4 is 62.8 Å². The molecule has 0 aliphatic carbocycles. The molecule has 0 fully saturated rings. The second-order valence-electron chi connectivity index (χ2n) is 1.82. The summed E-state index contributed by atoms with van der Waals surface area (Å²) >= 11 is 0. The number of nitro benzene ring substituents is 1. The van der Waals surface area contributed by atoms with Crippen molar-refractivity contribution in [2.75, 3.05) is 5.73 Å². The summed E-state index contributed by atoms with van der Waals surface area (Å²) in [4.78, 5) is 9.64. The first kappa shape index (κ1) is 15.0. The number of para-hydroxylation sites is 2. The molecule has 13 heavy (non-hydrogen) atoms. The number of hydrogen-bond acceptors (Lipinski definition) is 5. The van der Waals surface area contributed by atoms with Crippen LogP contribution in [0.15, 0.2) is 24.3 Å². The van der Waals surface area contributed by atoms with Crippen LogP contribution in [-0.4, -0.2) is 56.3 Å². The summed E-state index contributed by atoms with van der Waals surface area (Å²) in [6, 6.07) is 6.10. The van der Waals surface area contributed by atoms with Gasteiger partial charge in [0.2, 0.25) is 0 Å². The predicted octanol–water partition coefficient (Wildman–Crippen LogP) is 0.559. The molecule has 1 rings (SSSR count). The van der Waals surface area contributed by atoms with E-state index in [2.05, 4.69) is 0 Å². The van der Waals surface area contributed by atoms with E-state index in [0.29, 0.717) is 0 Å². The molecule has 0 unspecified atom stereocenters. The summed E-state index contributed by atoms with van der Waals surface area (Å²) in [6.45, 7) is 0. The molecule has 64 valence electrons. The van der Waals surface area contributed by atoms with Gasteiger partial charge in [-0.25, -0.2) is 0 Å². The third-order valence-corrected chi connectivity index (χ3v) is 1.13. The molecule has 2 N–H and O–H groups in total. The van der Waals surface area contributed by atoms with Gasteiger partial charge < -0.3 is 5.73 Å². The minimum absolute atomic E-state index is 0. The van der Waals surface area contributed by atoms with Crippen LogP contribution >= 0.6 is 0 Å². The second kappa shape index (κ2) is 8.09. The number of nitrogens with two attached hydrogens (primary N) is 1. The molecule has 7 heteroatoms. The first-order chi connectivity index (χ1) is 5.72. The van der Waals surface area contributed by atoms with Crippen molar-refractivity contribution in [2.45, 2.75) is 0 Å². The van der Waals surface area contributed by atoms with Crippen LogP contribution in [0.4, 0.5) is 11.4 Å². The molecule has 0 heterocycles. The Labute approximate surface area is 117 Å². The van der Waals surface area contributed by atoms with Crippen molar-refractivity contribution in [1.82, 2.24) is 0 Å². The van der Waals surface area contributed by atoms with E-state index < -0.39 is 4.92 Å². The van der Waals surface area contributed by atoms with Gasteiger partial charge in [0, 0.05) is 16.9 Å². The van der Waals surface area contributed by atoms with E-state index in [1.165, 1.54) is 12.1 Å². The van der Waals surface area contributed by atoms with Gasteiger partial charge in [-0.3, -0.25) is 10.1 Å². The average Bonchev–Trinajstić information content (AvgIpc) is 2.08. The Bertz CT molecular complexity index is 302. The summed E-state index contributed by atoms with van der Waals surface area (Å²) in [6.07, 6.45) is 0. The zero-order valence-electron chi connectivity index (χ0n) is 6.04. The minimum atomic E-state index is -0.505. The van der Waals surface area contributed by atoms with Crippen LogP contribution in [0.5, 0.6) is 0 Å². The van der Waals surface area contributed by atoms with Crippen molar-refractivity contribution in [2.24, 2.45) is 0 Å². The fourth-order valence-electron chi connectivity index (χ4n) is 0.654. The number of nitrogens with zero attached hydrogens (tertiary/aromatic N) is 3. The monoisotopic (exact) mass is 206 g/mol. The molecule has 1 aromatic rings. The summed E-state index contributed by atoms with van der Waals surface area (Å²) in [5.41, 5.74) is 5.44. The number of benzene rings is 1. The van der Waals surface area contributed by atoms with Gasteiger partial charge in [-0.2, -0.15) is 0 Å². The van der Waals surface area contributed by atoms with Crippen LogP contribution in [0.2, 0.25) is 0 Å². The number of nitrogen functional groups attached to an aromatic ring is 1. The van der Waals surface area contributed by atoms with Gasteiger partial charge in [0.25, 0.3) is 5.69 Å². The Morgan fingerprint density at radius 2 is 1.77 bits per heavy atom. The standard InChI is InChI=1S/C6H6N2O2.K.N2.H/c7-5-3-1-2-4-6(5)8(9)10;;1-2;/h1-4H,7H2;;;. The molecular weight excluding hydrogens is 199 g/mol. The molecular formula is C6H7KN4O2. The SMILES string of the molecule is N#N.Nc1ccccc1[N+](=O)[O-].[KH]. The molecule has 0 aliphatic rings. The summed E-state index contributed by atoms with van der Waals surface area (Å²) < 4.78 is 0. The Balaban J connectivity index is 0. The first-order valence-corrected chi connectivity index (χ1v) is 2.90. The third-order valence-electron chi connectivity index (χ3n) is 1.13. The molecule has 0 saturated carbocycles. The van der Waals surface area contributed by atoms with E-state index in [1.54, 1.807) is 12.1 Å². The second-order valence-corrected chi connectivity index (χ2v) is 1.82. The number of rotatable bonds is 1. The van der Waals surface area contributed by atoms with Crippen molar-refractivity contribution in [3.63, 3.8) is 0 Å². The van der Waals surface area contributed by atoms with Gasteiger partial charge in [0.1, 0.15) is 5.69 Å². The van der Waals surface area contributed by atoms with Crippen molar-refractivity contribution in [3.8, 4) is 0 Å². The van der Waals surface area contributed by atoms with Crippen molar-refractivity contribution in [3.05, 3.63) is 34.4 Å². The normalized spacial score (nSPS) is 7.23. The fraction of sp³-hybridized carbons (Fsp3) is 0. The van der Waals surface area contributed by atoms with Crippen LogP contribution in [0.25, 0.3) is 0 Å². The number of anilines is 1. The summed E-state index contributed by atoms with van der Waals surface area (Å²) in [5, 5.41) is 22.1. The third kappa shape index (κ3) is 4.92. The predicted molar refractivity (Wildman–Crippen MR) is 48.1 cm³/mol. The van der Waals surface area contributed by atoms with Crippen LogP contribution in [0, 0.1) is 20.9 Å². The zero-order chi connectivity index (χ0) is 9.56. The Kier molecular flexibility index (Phi) is 9.32. The van der Waals surface area contributed by atoms with Gasteiger partial charge in [-0.1, -0.05) is 12.1 Å². The number of nitro groups is 1. The first-order valence-electron chi connectivity index (χ1n) is 2.90. The van der Waals surface area contributed by atoms with Gasteiger partial charge in [0.15, 0.2) is 0 Å². The van der Waals surface area contributed by atoms with Crippen molar-refractivity contribution in [1.29, 1.82) is 10.8 Å². The molecule has 0 atom stereocenters. The zero-order valence-corrected chi connectivity index (χ0v) is 6.04. The van der Waals surface area contributed by atoms with E-state index >= 15 is 0 Å². The summed E-state index contributed by atoms with van der Waals surface area (Å²) in [7, 11) is 0. The number of hydrogen-bond donors (Lipinski definition) is 1. The van der Waals surface area contributed by atoms with E-state index in [9.17, 15) is 10.1 Å². The van der Waals surface area contributed by atoms with Gasteiger partial charge in [-0.15, -0.1) is 0 Å². The van der Waals surface area contributed by atoms with Gasteiger partial charge in [0.05, 0.1) is 4.92 Å². The van der Waals surface area contributed by atoms with Crippen LogP contribution in [0.1, 0.15) is 0 Å². The maximum absolute atomic E-state index is 10.1. The molecule has 0 saturated heterocycles. The quantitative estimate of drug-likeness (QED) is 0.237. The summed E-state index contributed by atoms with van der Waals surface area (Å²) in [5.74, 6) is 0. The van der Waals surface area contributed by atoms with E-state index in [0.717, 1.165) is 0 Å². The molecule has 0 spiro atoms. The maximum atomic E-state index is 10.1. The van der Waals surface area contributed by atoms with E-state index in [4.69, 9.17) is 16.5 Å². The molecule has 0 aromatic heterocycles. The molecule has 0 bridgehead atoms. The molecule has 0 amide bonds.